The number of nitrogens with zero attached hydrogens (tertiary/aromatic N) is 2. The summed E-state index contributed by atoms with van der Waals surface area (Å²) in [5.74, 6) is 0. The molecule has 2 heterocycles. The van der Waals surface area contributed by atoms with Gasteiger partial charge in [0.05, 0.1) is 11.7 Å². The quantitative estimate of drug-likeness (QED) is 0.923. The first-order chi connectivity index (χ1) is 9.46. The van der Waals surface area contributed by atoms with Gasteiger partial charge < -0.3 is 15.0 Å². The van der Waals surface area contributed by atoms with E-state index >= 15 is 0 Å². The van der Waals surface area contributed by atoms with Crippen LogP contribution in [0.2, 0.25) is 0 Å². The topological polar surface area (TPSA) is 54.5 Å². The van der Waals surface area contributed by atoms with E-state index in [1.165, 1.54) is 0 Å². The van der Waals surface area contributed by atoms with Gasteiger partial charge in [0.25, 0.3) is 0 Å². The largest absolute Gasteiger partial charge is 0.444 e. The lowest BCUT2D eigenvalue weighted by atomic mass is 10.2. The molecule has 5 nitrogen and oxygen atoms in total. The van der Waals surface area contributed by atoms with Crippen molar-refractivity contribution in [1.82, 2.24) is 9.88 Å². The lowest BCUT2D eigenvalue weighted by molar-refractivity contribution is 0.0235. The Bertz CT molecular complexity index is 442. The predicted octanol–water partition coefficient (Wildman–Crippen LogP) is 2.89. The Morgan fingerprint density at radius 3 is 3.00 bits per heavy atom. The standard InChI is InChI=1S/C15H23N3O2/c1-15(2,3)20-14(19)18-9-5-7-13(18)11-17-12-6-4-8-16-10-12/h4,6,8,10,13,17H,5,7,9,11H2,1-3H3. The molecule has 1 saturated heterocycles. The molecule has 20 heavy (non-hydrogen) atoms. The van der Waals surface area contributed by atoms with E-state index in [1.54, 1.807) is 12.4 Å². The van der Waals surface area contributed by atoms with Crippen molar-refractivity contribution in [1.29, 1.82) is 0 Å². The summed E-state index contributed by atoms with van der Waals surface area (Å²) in [6.07, 6.45) is 5.35. The van der Waals surface area contributed by atoms with Gasteiger partial charge in [-0.25, -0.2) is 4.79 Å². The van der Waals surface area contributed by atoms with Crippen LogP contribution in [0.4, 0.5) is 10.5 Å². The maximum absolute atomic E-state index is 12.1. The first-order valence-electron chi connectivity index (χ1n) is 7.09. The molecule has 1 N–H and O–H groups in total. The molecule has 1 fully saturated rings. The maximum Gasteiger partial charge on any atom is 0.410 e. The molecule has 0 radical (unpaired) electrons. The minimum atomic E-state index is -0.443. The predicted molar refractivity (Wildman–Crippen MR) is 78.7 cm³/mol. The minimum Gasteiger partial charge on any atom is -0.444 e. The smallest absolute Gasteiger partial charge is 0.410 e. The van der Waals surface area contributed by atoms with Crippen LogP contribution in [-0.4, -0.2) is 40.7 Å². The maximum atomic E-state index is 12.1. The monoisotopic (exact) mass is 277 g/mol. The van der Waals surface area contributed by atoms with Crippen molar-refractivity contribution >= 4 is 11.8 Å². The number of carbonyl (C=O) groups is 1. The average Bonchev–Trinajstić information content (AvgIpc) is 2.84. The van der Waals surface area contributed by atoms with Crippen LogP contribution in [0.25, 0.3) is 0 Å². The van der Waals surface area contributed by atoms with Gasteiger partial charge in [-0.1, -0.05) is 0 Å². The lowest BCUT2D eigenvalue weighted by Gasteiger charge is -2.28. The number of aromatic nitrogens is 1. The molecule has 1 aromatic heterocycles. The van der Waals surface area contributed by atoms with Gasteiger partial charge in [0.2, 0.25) is 0 Å². The molecule has 2 rings (SSSR count). The van der Waals surface area contributed by atoms with E-state index in [4.69, 9.17) is 4.74 Å². The van der Waals surface area contributed by atoms with E-state index in [0.717, 1.165) is 31.6 Å². The number of nitrogens with one attached hydrogen (secondary N) is 1. The highest BCUT2D eigenvalue weighted by Crippen LogP contribution is 2.21. The van der Waals surface area contributed by atoms with Crippen LogP contribution >= 0.6 is 0 Å². The van der Waals surface area contributed by atoms with E-state index in [0.29, 0.717) is 0 Å². The third kappa shape index (κ3) is 4.11. The number of carbonyl (C=O) groups excluding carboxylic acids is 1. The molecule has 1 amide bonds. The molecule has 5 heteroatoms. The number of rotatable bonds is 3. The average molecular weight is 277 g/mol. The molecule has 0 spiro atoms. The van der Waals surface area contributed by atoms with Gasteiger partial charge >= 0.3 is 6.09 Å². The molecule has 0 aromatic carbocycles. The van der Waals surface area contributed by atoms with Crippen LogP contribution in [-0.2, 0) is 4.74 Å². The van der Waals surface area contributed by atoms with Crippen molar-refractivity contribution in [3.05, 3.63) is 24.5 Å². The Morgan fingerprint density at radius 2 is 2.35 bits per heavy atom. The molecular formula is C15H23N3O2. The summed E-state index contributed by atoms with van der Waals surface area (Å²) in [4.78, 5) is 18.0. The Hall–Kier alpha value is -1.78. The normalized spacial score (nSPS) is 18.9. The highest BCUT2D eigenvalue weighted by molar-refractivity contribution is 5.69. The molecule has 1 unspecified atom stereocenters. The van der Waals surface area contributed by atoms with Crippen molar-refractivity contribution < 1.29 is 9.53 Å². The summed E-state index contributed by atoms with van der Waals surface area (Å²) in [6, 6.07) is 4.05. The third-order valence-electron chi connectivity index (χ3n) is 3.21. The van der Waals surface area contributed by atoms with E-state index in [2.05, 4.69) is 10.3 Å². The van der Waals surface area contributed by atoms with Crippen molar-refractivity contribution in [3.63, 3.8) is 0 Å². The van der Waals surface area contributed by atoms with Gasteiger partial charge in [0.15, 0.2) is 0 Å². The molecule has 110 valence electrons. The second kappa shape index (κ2) is 6.11. The zero-order valence-electron chi connectivity index (χ0n) is 12.4. The van der Waals surface area contributed by atoms with Crippen molar-refractivity contribution in [2.75, 3.05) is 18.4 Å². The fourth-order valence-electron chi connectivity index (χ4n) is 2.31. The fraction of sp³-hybridized carbons (Fsp3) is 0.600. The van der Waals surface area contributed by atoms with Crippen LogP contribution in [0.1, 0.15) is 33.6 Å². The molecule has 0 saturated carbocycles. The van der Waals surface area contributed by atoms with Crippen LogP contribution < -0.4 is 5.32 Å². The van der Waals surface area contributed by atoms with Crippen LogP contribution in [0.15, 0.2) is 24.5 Å². The Morgan fingerprint density at radius 1 is 1.55 bits per heavy atom. The summed E-state index contributed by atoms with van der Waals surface area (Å²) < 4.78 is 5.45. The molecule has 1 aliphatic rings. The Kier molecular flexibility index (Phi) is 4.47. The molecule has 0 bridgehead atoms. The van der Waals surface area contributed by atoms with E-state index in [1.807, 2.05) is 37.8 Å². The molecule has 0 aliphatic carbocycles. The summed E-state index contributed by atoms with van der Waals surface area (Å²) in [5.41, 5.74) is 0.532. The van der Waals surface area contributed by atoms with E-state index in [-0.39, 0.29) is 12.1 Å². The van der Waals surface area contributed by atoms with Crippen molar-refractivity contribution in [3.8, 4) is 0 Å². The highest BCUT2D eigenvalue weighted by Gasteiger charge is 2.31. The first-order valence-corrected chi connectivity index (χ1v) is 7.09. The third-order valence-corrected chi connectivity index (χ3v) is 3.21. The fourth-order valence-corrected chi connectivity index (χ4v) is 2.31. The second-order valence-corrected chi connectivity index (χ2v) is 6.09. The number of amides is 1. The molecule has 1 atom stereocenters. The molecular weight excluding hydrogens is 254 g/mol. The molecule has 1 aliphatic heterocycles. The van der Waals surface area contributed by atoms with Gasteiger partial charge in [0, 0.05) is 25.5 Å². The van der Waals surface area contributed by atoms with E-state index < -0.39 is 5.60 Å². The first kappa shape index (κ1) is 14.6. The number of ether oxygens (including phenoxy) is 1. The number of likely N-dealkylation sites (tertiary alicyclic amines) is 1. The van der Waals surface area contributed by atoms with E-state index in [9.17, 15) is 4.79 Å². The minimum absolute atomic E-state index is 0.185. The van der Waals surface area contributed by atoms with Crippen LogP contribution in [0.3, 0.4) is 0 Å². The van der Waals surface area contributed by atoms with Crippen molar-refractivity contribution in [2.24, 2.45) is 0 Å². The van der Waals surface area contributed by atoms with Crippen LogP contribution in [0.5, 0.6) is 0 Å². The number of pyridine rings is 1. The number of anilines is 1. The molecule has 1 aromatic rings. The van der Waals surface area contributed by atoms with Gasteiger partial charge in [0.1, 0.15) is 5.60 Å². The zero-order valence-corrected chi connectivity index (χ0v) is 12.4. The lowest BCUT2D eigenvalue weighted by Crippen LogP contribution is -2.42. The van der Waals surface area contributed by atoms with Gasteiger partial charge in [-0.15, -0.1) is 0 Å². The van der Waals surface area contributed by atoms with Crippen LogP contribution in [0, 0.1) is 0 Å². The Balaban J connectivity index is 1.89. The Labute approximate surface area is 120 Å². The highest BCUT2D eigenvalue weighted by atomic mass is 16.6. The number of hydrogen-bond donors (Lipinski definition) is 1. The number of hydrogen-bond acceptors (Lipinski definition) is 4. The summed E-state index contributed by atoms with van der Waals surface area (Å²) in [5, 5.41) is 3.32. The zero-order chi connectivity index (χ0) is 14.6. The van der Waals surface area contributed by atoms with Gasteiger partial charge in [-0.3, -0.25) is 4.98 Å². The summed E-state index contributed by atoms with van der Waals surface area (Å²) in [6.45, 7) is 7.18. The SMILES string of the molecule is CC(C)(C)OC(=O)N1CCCC1CNc1cccnc1. The summed E-state index contributed by atoms with van der Waals surface area (Å²) >= 11 is 0. The van der Waals surface area contributed by atoms with Gasteiger partial charge in [-0.2, -0.15) is 0 Å². The summed E-state index contributed by atoms with van der Waals surface area (Å²) in [7, 11) is 0. The van der Waals surface area contributed by atoms with Crippen molar-refractivity contribution in [2.45, 2.75) is 45.3 Å². The second-order valence-electron chi connectivity index (χ2n) is 6.09. The van der Waals surface area contributed by atoms with Gasteiger partial charge in [-0.05, 0) is 45.7 Å².